The summed E-state index contributed by atoms with van der Waals surface area (Å²) in [7, 11) is 0. The van der Waals surface area contributed by atoms with Gasteiger partial charge in [0.05, 0.1) is 5.56 Å². The van der Waals surface area contributed by atoms with Gasteiger partial charge in [0.25, 0.3) is 5.91 Å². The van der Waals surface area contributed by atoms with Gasteiger partial charge in [0, 0.05) is 10.9 Å². The zero-order valence-corrected chi connectivity index (χ0v) is 14.5. The van der Waals surface area contributed by atoms with Crippen LogP contribution in [0.1, 0.15) is 73.2 Å². The van der Waals surface area contributed by atoms with Crippen LogP contribution < -0.4 is 5.32 Å². The second-order valence-corrected chi connectivity index (χ2v) is 8.22. The number of rotatable bonds is 4. The molecule has 1 fully saturated rings. The van der Waals surface area contributed by atoms with Crippen molar-refractivity contribution in [3.8, 4) is 0 Å². The maximum Gasteiger partial charge on any atom is 0.259 e. The summed E-state index contributed by atoms with van der Waals surface area (Å²) in [6.45, 7) is 4.50. The van der Waals surface area contributed by atoms with Crippen LogP contribution in [0.5, 0.6) is 0 Å². The van der Waals surface area contributed by atoms with Crippen LogP contribution in [-0.4, -0.2) is 23.0 Å². The van der Waals surface area contributed by atoms with E-state index < -0.39 is 0 Å². The summed E-state index contributed by atoms with van der Waals surface area (Å²) in [5, 5.41) is 4.88. The molecule has 2 heterocycles. The largest absolute Gasteiger partial charge is 0.356 e. The van der Waals surface area contributed by atoms with Gasteiger partial charge in [-0.25, -0.2) is 0 Å². The quantitative estimate of drug-likeness (QED) is 0.891. The highest BCUT2D eigenvalue weighted by Crippen LogP contribution is 2.45. The van der Waals surface area contributed by atoms with E-state index in [1.54, 1.807) is 0 Å². The van der Waals surface area contributed by atoms with Gasteiger partial charge in [0.2, 0.25) is 0 Å². The minimum absolute atomic E-state index is 0.222. The maximum atomic E-state index is 13.2. The summed E-state index contributed by atoms with van der Waals surface area (Å²) in [6, 6.07) is 0.493. The van der Waals surface area contributed by atoms with Crippen molar-refractivity contribution in [1.29, 1.82) is 0 Å². The van der Waals surface area contributed by atoms with Crippen LogP contribution in [0, 0.1) is 5.92 Å². The molecule has 1 amide bonds. The smallest absolute Gasteiger partial charge is 0.259 e. The Labute approximate surface area is 137 Å². The van der Waals surface area contributed by atoms with Crippen molar-refractivity contribution < 1.29 is 4.79 Å². The summed E-state index contributed by atoms with van der Waals surface area (Å²) in [5.41, 5.74) is 2.41. The van der Waals surface area contributed by atoms with E-state index in [9.17, 15) is 4.79 Å². The summed E-state index contributed by atoms with van der Waals surface area (Å²) in [5.74, 6) is 1.14. The average Bonchev–Trinajstić information content (AvgIpc) is 3.27. The fourth-order valence-electron chi connectivity index (χ4n) is 4.08. The number of carbonyl (C=O) groups excluding carboxylic acids is 1. The van der Waals surface area contributed by atoms with Gasteiger partial charge in [-0.15, -0.1) is 11.3 Å². The normalized spacial score (nSPS) is 27.4. The Morgan fingerprint density at radius 2 is 2.09 bits per heavy atom. The third-order valence-electron chi connectivity index (χ3n) is 5.53. The van der Waals surface area contributed by atoms with E-state index in [2.05, 4.69) is 24.1 Å². The van der Waals surface area contributed by atoms with Crippen molar-refractivity contribution in [2.45, 2.75) is 77.4 Å². The Balaban J connectivity index is 1.70. The first-order chi connectivity index (χ1) is 10.7. The summed E-state index contributed by atoms with van der Waals surface area (Å²) in [4.78, 5) is 16.8. The van der Waals surface area contributed by atoms with E-state index in [-0.39, 0.29) is 6.17 Å². The molecule has 3 aliphatic rings. The molecule has 0 unspecified atom stereocenters. The molecule has 1 aliphatic heterocycles. The van der Waals surface area contributed by atoms with Crippen molar-refractivity contribution in [2.75, 3.05) is 5.32 Å². The van der Waals surface area contributed by atoms with Crippen LogP contribution in [0.25, 0.3) is 0 Å². The van der Waals surface area contributed by atoms with Gasteiger partial charge in [-0.05, 0) is 50.0 Å². The van der Waals surface area contributed by atoms with Gasteiger partial charge in [-0.2, -0.15) is 0 Å². The first-order valence-corrected chi connectivity index (χ1v) is 9.78. The van der Waals surface area contributed by atoms with Crippen molar-refractivity contribution >= 4 is 22.2 Å². The Hall–Kier alpha value is -1.03. The summed E-state index contributed by atoms with van der Waals surface area (Å²) in [6.07, 6.45) is 9.57. The van der Waals surface area contributed by atoms with Crippen LogP contribution in [0.3, 0.4) is 0 Å². The van der Waals surface area contributed by atoms with Crippen LogP contribution in [0.4, 0.5) is 5.00 Å². The summed E-state index contributed by atoms with van der Waals surface area (Å²) < 4.78 is 0. The molecule has 0 spiro atoms. The second-order valence-electron chi connectivity index (χ2n) is 7.12. The number of hydrogen-bond donors (Lipinski definition) is 1. The fourth-order valence-corrected chi connectivity index (χ4v) is 5.48. The molecule has 1 aromatic heterocycles. The standard InChI is InChI=1S/C18H26N2OS/c1-3-5-15-19-17-16(18(21)20(15)12-7-8-12)13-9-6-11(4-2)10-14(13)22-17/h11-12,15,19H,3-10H2,1-2H3/t11-,15-/m0/s1. The van der Waals surface area contributed by atoms with E-state index in [0.29, 0.717) is 11.9 Å². The lowest BCUT2D eigenvalue weighted by Gasteiger charge is -2.37. The number of anilines is 1. The molecule has 3 nitrogen and oxygen atoms in total. The number of thiophene rings is 1. The van der Waals surface area contributed by atoms with E-state index in [1.807, 2.05) is 11.3 Å². The molecule has 0 radical (unpaired) electrons. The van der Waals surface area contributed by atoms with E-state index >= 15 is 0 Å². The van der Waals surface area contributed by atoms with Crippen molar-refractivity contribution in [2.24, 2.45) is 5.92 Å². The maximum absolute atomic E-state index is 13.2. The van der Waals surface area contributed by atoms with Crippen molar-refractivity contribution in [3.63, 3.8) is 0 Å². The SMILES string of the molecule is CCC[C@H]1Nc2sc3c(c2C(=O)N1C1CC1)CC[C@H](CC)C3. The molecule has 22 heavy (non-hydrogen) atoms. The molecule has 0 bridgehead atoms. The molecule has 4 rings (SSSR count). The predicted molar refractivity (Wildman–Crippen MR) is 91.6 cm³/mol. The highest BCUT2D eigenvalue weighted by atomic mass is 32.1. The van der Waals surface area contributed by atoms with E-state index in [1.165, 1.54) is 47.5 Å². The van der Waals surface area contributed by atoms with Gasteiger partial charge >= 0.3 is 0 Å². The number of carbonyl (C=O) groups is 1. The lowest BCUT2D eigenvalue weighted by atomic mass is 9.85. The van der Waals surface area contributed by atoms with Crippen LogP contribution >= 0.6 is 11.3 Å². The molecular weight excluding hydrogens is 292 g/mol. The van der Waals surface area contributed by atoms with Gasteiger partial charge in [-0.1, -0.05) is 26.7 Å². The van der Waals surface area contributed by atoms with Crippen LogP contribution in [0.15, 0.2) is 0 Å². The molecule has 0 aromatic carbocycles. The second kappa shape index (κ2) is 5.55. The molecule has 1 aromatic rings. The van der Waals surface area contributed by atoms with E-state index in [0.717, 1.165) is 30.7 Å². The molecule has 2 aliphatic carbocycles. The Morgan fingerprint density at radius 3 is 2.77 bits per heavy atom. The molecule has 4 heteroatoms. The molecule has 1 N–H and O–H groups in total. The van der Waals surface area contributed by atoms with Gasteiger partial charge in [-0.3, -0.25) is 4.79 Å². The molecule has 2 atom stereocenters. The molecule has 0 saturated heterocycles. The fraction of sp³-hybridized carbons (Fsp3) is 0.722. The number of amides is 1. The molecular formula is C18H26N2OS. The first kappa shape index (κ1) is 14.6. The van der Waals surface area contributed by atoms with Crippen molar-refractivity contribution in [3.05, 3.63) is 16.0 Å². The Morgan fingerprint density at radius 1 is 1.27 bits per heavy atom. The van der Waals surface area contributed by atoms with Gasteiger partial charge in [0.1, 0.15) is 11.2 Å². The molecule has 1 saturated carbocycles. The third kappa shape index (κ3) is 2.27. The van der Waals surface area contributed by atoms with Crippen molar-refractivity contribution in [1.82, 2.24) is 4.90 Å². The Kier molecular flexibility index (Phi) is 3.67. The number of nitrogens with one attached hydrogen (secondary N) is 1. The third-order valence-corrected chi connectivity index (χ3v) is 6.71. The zero-order chi connectivity index (χ0) is 15.3. The highest BCUT2D eigenvalue weighted by molar-refractivity contribution is 7.16. The average molecular weight is 318 g/mol. The topological polar surface area (TPSA) is 32.3 Å². The van der Waals surface area contributed by atoms with E-state index in [4.69, 9.17) is 0 Å². The van der Waals surface area contributed by atoms with Crippen LogP contribution in [0.2, 0.25) is 0 Å². The first-order valence-electron chi connectivity index (χ1n) is 8.96. The summed E-state index contributed by atoms with van der Waals surface area (Å²) >= 11 is 1.87. The lowest BCUT2D eigenvalue weighted by Crippen LogP contribution is -2.49. The highest BCUT2D eigenvalue weighted by Gasteiger charge is 2.43. The predicted octanol–water partition coefficient (Wildman–Crippen LogP) is 4.42. The number of hydrogen-bond acceptors (Lipinski definition) is 3. The number of fused-ring (bicyclic) bond motifs is 3. The van der Waals surface area contributed by atoms with Crippen LogP contribution in [-0.2, 0) is 12.8 Å². The van der Waals surface area contributed by atoms with Gasteiger partial charge < -0.3 is 10.2 Å². The van der Waals surface area contributed by atoms with Gasteiger partial charge in [0.15, 0.2) is 0 Å². The zero-order valence-electron chi connectivity index (χ0n) is 13.7. The minimum atomic E-state index is 0.222. The Bertz CT molecular complexity index is 590. The minimum Gasteiger partial charge on any atom is -0.356 e. The number of nitrogens with zero attached hydrogens (tertiary/aromatic N) is 1. The lowest BCUT2D eigenvalue weighted by molar-refractivity contribution is 0.0659. The monoisotopic (exact) mass is 318 g/mol. The molecule has 120 valence electrons.